The zero-order valence-corrected chi connectivity index (χ0v) is 23.9. The van der Waals surface area contributed by atoms with Crippen molar-refractivity contribution >= 4 is 16.8 Å². The van der Waals surface area contributed by atoms with Crippen molar-refractivity contribution in [3.63, 3.8) is 0 Å². The molecule has 0 aliphatic carbocycles. The van der Waals surface area contributed by atoms with E-state index in [-0.39, 0.29) is 23.6 Å². The van der Waals surface area contributed by atoms with Gasteiger partial charge in [0, 0.05) is 18.0 Å². The smallest absolute Gasteiger partial charge is 0.419 e. The van der Waals surface area contributed by atoms with Crippen LogP contribution < -0.4 is 10.3 Å². The molecule has 230 valence electrons. The highest BCUT2D eigenvalue weighted by atomic mass is 19.4. The van der Waals surface area contributed by atoms with Gasteiger partial charge in [0.25, 0.3) is 5.56 Å². The monoisotopic (exact) mass is 618 g/mol. The van der Waals surface area contributed by atoms with Gasteiger partial charge in [-0.05, 0) is 67.1 Å². The van der Waals surface area contributed by atoms with Crippen molar-refractivity contribution < 1.29 is 31.8 Å². The second-order valence-corrected chi connectivity index (χ2v) is 10.3. The Morgan fingerprint density at radius 2 is 1.82 bits per heavy atom. The minimum atomic E-state index is -4.88. The maximum atomic E-state index is 14.4. The van der Waals surface area contributed by atoms with E-state index in [1.807, 2.05) is 6.92 Å². The van der Waals surface area contributed by atoms with Gasteiger partial charge in [0.2, 0.25) is 5.91 Å². The number of fused-ring (bicyclic) bond motifs is 1. The maximum absolute atomic E-state index is 14.4. The summed E-state index contributed by atoms with van der Waals surface area (Å²) in [4.78, 5) is 38.4. The highest BCUT2D eigenvalue weighted by Gasteiger charge is 2.42. The molecule has 1 aliphatic rings. The second kappa shape index (κ2) is 12.1. The first-order valence-electron chi connectivity index (χ1n) is 14.1. The number of para-hydroxylation sites is 1. The molecule has 0 spiro atoms. The second-order valence-electron chi connectivity index (χ2n) is 10.3. The summed E-state index contributed by atoms with van der Waals surface area (Å²) in [5, 5.41) is 0.357. The van der Waals surface area contributed by atoms with E-state index in [0.29, 0.717) is 46.6 Å². The largest absolute Gasteiger partial charge is 0.494 e. The first-order chi connectivity index (χ1) is 21.7. The number of carbonyl (C=O) groups is 1. The number of hydrogen-bond acceptors (Lipinski definition) is 6. The molecule has 2 unspecified atom stereocenters. The fraction of sp³-hybridized carbons (Fsp3) is 0.212. The molecule has 2 aromatic heterocycles. The van der Waals surface area contributed by atoms with Crippen LogP contribution in [0, 0.1) is 5.82 Å². The number of pyridine rings is 1. The molecule has 0 saturated carbocycles. The number of carbonyl (C=O) groups excluding carboxylic acids is 1. The predicted molar refractivity (Wildman–Crippen MR) is 156 cm³/mol. The Balaban J connectivity index is 1.47. The number of alkyl halides is 3. The SMILES string of the molecule is CCOc1ccc(-n2c(C3COC(c4cccnc4)N3C(=O)Cc3ccc(C(F)(F)F)c(F)c3)nc3ccccc3c2=O)cc1. The molecule has 8 nitrogen and oxygen atoms in total. The van der Waals surface area contributed by atoms with Gasteiger partial charge in [0.15, 0.2) is 6.23 Å². The summed E-state index contributed by atoms with van der Waals surface area (Å²) in [6.45, 7) is 2.25. The number of halogens is 4. The third kappa shape index (κ3) is 5.88. The van der Waals surface area contributed by atoms with Crippen molar-refractivity contribution in [2.24, 2.45) is 0 Å². The molecule has 5 aromatic rings. The van der Waals surface area contributed by atoms with E-state index >= 15 is 0 Å². The lowest BCUT2D eigenvalue weighted by atomic mass is 10.1. The first-order valence-corrected chi connectivity index (χ1v) is 14.1. The van der Waals surface area contributed by atoms with Crippen molar-refractivity contribution in [3.05, 3.63) is 130 Å². The molecule has 3 aromatic carbocycles. The van der Waals surface area contributed by atoms with Crippen LogP contribution >= 0.6 is 0 Å². The third-order valence-corrected chi connectivity index (χ3v) is 7.46. The van der Waals surface area contributed by atoms with Gasteiger partial charge in [-0.3, -0.25) is 24.0 Å². The number of ether oxygens (including phenoxy) is 2. The number of nitrogens with zero attached hydrogens (tertiary/aromatic N) is 4. The standard InChI is InChI=1S/C33H26F4N4O4/c1-2-44-23-12-10-22(11-13-23)40-30(39-27-8-4-3-7-24(27)31(40)43)28-19-45-32(21-6-5-15-38-18-21)41(28)29(42)17-20-9-14-25(26(34)16-20)33(35,36)37/h3-16,18,28,32H,2,17,19H2,1H3. The van der Waals surface area contributed by atoms with E-state index in [9.17, 15) is 27.2 Å². The van der Waals surface area contributed by atoms with Crippen LogP contribution in [-0.4, -0.2) is 38.6 Å². The van der Waals surface area contributed by atoms with Crippen LogP contribution in [0.5, 0.6) is 5.75 Å². The molecule has 1 aliphatic heterocycles. The van der Waals surface area contributed by atoms with Gasteiger partial charge < -0.3 is 9.47 Å². The molecule has 6 rings (SSSR count). The summed E-state index contributed by atoms with van der Waals surface area (Å²) < 4.78 is 67.0. The Hall–Kier alpha value is -5.10. The van der Waals surface area contributed by atoms with Crippen molar-refractivity contribution in [1.29, 1.82) is 0 Å². The van der Waals surface area contributed by atoms with Gasteiger partial charge in [-0.15, -0.1) is 0 Å². The van der Waals surface area contributed by atoms with Crippen molar-refractivity contribution in [3.8, 4) is 11.4 Å². The number of rotatable bonds is 7. The van der Waals surface area contributed by atoms with Gasteiger partial charge in [-0.2, -0.15) is 13.2 Å². The van der Waals surface area contributed by atoms with Crippen LogP contribution in [0.3, 0.4) is 0 Å². The lowest BCUT2D eigenvalue weighted by Gasteiger charge is -2.29. The fourth-order valence-electron chi connectivity index (χ4n) is 5.43. The van der Waals surface area contributed by atoms with Crippen molar-refractivity contribution in [2.75, 3.05) is 13.2 Å². The summed E-state index contributed by atoms with van der Waals surface area (Å²) in [7, 11) is 0. The highest BCUT2D eigenvalue weighted by molar-refractivity contribution is 5.81. The Labute approximate surface area is 254 Å². The summed E-state index contributed by atoms with van der Waals surface area (Å²) in [6, 6.07) is 18.5. The molecule has 2 atom stereocenters. The van der Waals surface area contributed by atoms with Gasteiger partial charge in [0.1, 0.15) is 23.4 Å². The molecular formula is C33H26F4N4O4. The van der Waals surface area contributed by atoms with Crippen LogP contribution in [0.15, 0.2) is 96.1 Å². The van der Waals surface area contributed by atoms with Crippen molar-refractivity contribution in [2.45, 2.75) is 31.8 Å². The van der Waals surface area contributed by atoms with E-state index in [4.69, 9.17) is 14.5 Å². The predicted octanol–water partition coefficient (Wildman–Crippen LogP) is 6.18. The number of benzene rings is 3. The van der Waals surface area contributed by atoms with Crippen LogP contribution in [-0.2, 0) is 22.1 Å². The molecule has 0 radical (unpaired) electrons. The van der Waals surface area contributed by atoms with Crippen LogP contribution in [0.25, 0.3) is 16.6 Å². The minimum absolute atomic E-state index is 0.0384. The maximum Gasteiger partial charge on any atom is 0.419 e. The molecular weight excluding hydrogens is 592 g/mol. The Kier molecular flexibility index (Phi) is 8.07. The van der Waals surface area contributed by atoms with Crippen molar-refractivity contribution in [1.82, 2.24) is 19.4 Å². The summed E-state index contributed by atoms with van der Waals surface area (Å²) >= 11 is 0. The summed E-state index contributed by atoms with van der Waals surface area (Å²) in [6.07, 6.45) is -3.20. The number of amides is 1. The topological polar surface area (TPSA) is 86.6 Å². The molecule has 0 N–H and O–H groups in total. The quantitative estimate of drug-likeness (QED) is 0.203. The Morgan fingerprint density at radius 1 is 1.04 bits per heavy atom. The van der Waals surface area contributed by atoms with Crippen LogP contribution in [0.2, 0.25) is 0 Å². The molecule has 12 heteroatoms. The summed E-state index contributed by atoms with van der Waals surface area (Å²) in [5.41, 5.74) is -0.351. The van der Waals surface area contributed by atoms with Gasteiger partial charge >= 0.3 is 6.18 Å². The molecule has 1 saturated heterocycles. The third-order valence-electron chi connectivity index (χ3n) is 7.46. The molecule has 45 heavy (non-hydrogen) atoms. The molecule has 1 fully saturated rings. The normalized spacial score (nSPS) is 16.7. The average molecular weight is 619 g/mol. The highest BCUT2D eigenvalue weighted by Crippen LogP contribution is 2.39. The fourth-order valence-corrected chi connectivity index (χ4v) is 5.43. The number of hydrogen-bond donors (Lipinski definition) is 0. The molecule has 0 bridgehead atoms. The number of aromatic nitrogens is 3. The van der Waals surface area contributed by atoms with Crippen LogP contribution in [0.1, 0.15) is 41.7 Å². The Bertz CT molecular complexity index is 1910. The van der Waals surface area contributed by atoms with E-state index in [2.05, 4.69) is 4.98 Å². The lowest BCUT2D eigenvalue weighted by molar-refractivity contribution is -0.140. The first kappa shape index (κ1) is 29.9. The van der Waals surface area contributed by atoms with E-state index in [1.54, 1.807) is 66.9 Å². The van der Waals surface area contributed by atoms with E-state index < -0.39 is 42.2 Å². The van der Waals surface area contributed by atoms with Gasteiger partial charge in [-0.25, -0.2) is 9.37 Å². The molecule has 3 heterocycles. The lowest BCUT2D eigenvalue weighted by Crippen LogP contribution is -2.38. The average Bonchev–Trinajstić information content (AvgIpc) is 3.47. The van der Waals surface area contributed by atoms with E-state index in [0.717, 1.165) is 6.07 Å². The van der Waals surface area contributed by atoms with E-state index in [1.165, 1.54) is 15.7 Å². The van der Waals surface area contributed by atoms with Gasteiger partial charge in [0.05, 0.1) is 41.8 Å². The van der Waals surface area contributed by atoms with Gasteiger partial charge in [-0.1, -0.05) is 24.3 Å². The van der Waals surface area contributed by atoms with Crippen LogP contribution in [0.4, 0.5) is 17.6 Å². The zero-order chi connectivity index (χ0) is 31.7. The Morgan fingerprint density at radius 3 is 2.51 bits per heavy atom. The minimum Gasteiger partial charge on any atom is -0.494 e. The summed E-state index contributed by atoms with van der Waals surface area (Å²) in [5.74, 6) is -1.25. The zero-order valence-electron chi connectivity index (χ0n) is 23.9. The molecule has 1 amide bonds.